The summed E-state index contributed by atoms with van der Waals surface area (Å²) in [5, 5.41) is 3.44. The largest absolute Gasteiger partial charge is 0.385 e. The van der Waals surface area contributed by atoms with Gasteiger partial charge in [-0.3, -0.25) is 0 Å². The maximum Gasteiger partial charge on any atom is 0.0350 e. The molecule has 0 amide bonds. The summed E-state index contributed by atoms with van der Waals surface area (Å²) in [5.74, 6) is 0. The minimum absolute atomic E-state index is 0.412. The van der Waals surface area contributed by atoms with E-state index in [-0.39, 0.29) is 0 Å². The fourth-order valence-electron chi connectivity index (χ4n) is 1.18. The highest BCUT2D eigenvalue weighted by atomic mass is 127. The second kappa shape index (κ2) is 5.01. The van der Waals surface area contributed by atoms with Crippen LogP contribution in [0, 0.1) is 8.99 Å². The normalized spacial score (nSPS) is 11.4. The van der Waals surface area contributed by atoms with Crippen molar-refractivity contribution in [1.82, 2.24) is 0 Å². The first-order chi connectivity index (χ1) is 6.47. The standard InChI is InChI=1S/C12H18IN/c1-12(2,3)7-8-14-11-6-4-5-10(13)9-11/h4-6,9,14H,7-8H2,1-3H3. The topological polar surface area (TPSA) is 12.0 Å². The van der Waals surface area contributed by atoms with Gasteiger partial charge in [0.1, 0.15) is 0 Å². The number of anilines is 1. The average Bonchev–Trinajstić information content (AvgIpc) is 2.01. The molecular weight excluding hydrogens is 285 g/mol. The minimum Gasteiger partial charge on any atom is -0.385 e. The van der Waals surface area contributed by atoms with Crippen molar-refractivity contribution in [1.29, 1.82) is 0 Å². The molecule has 0 saturated carbocycles. The molecule has 0 aromatic heterocycles. The zero-order valence-electron chi connectivity index (χ0n) is 9.10. The lowest BCUT2D eigenvalue weighted by Gasteiger charge is -2.18. The van der Waals surface area contributed by atoms with Gasteiger partial charge >= 0.3 is 0 Å². The molecule has 0 unspecified atom stereocenters. The molecule has 1 aromatic rings. The summed E-state index contributed by atoms with van der Waals surface area (Å²) in [6.07, 6.45) is 1.19. The molecule has 1 nitrogen and oxygen atoms in total. The summed E-state index contributed by atoms with van der Waals surface area (Å²) < 4.78 is 1.28. The van der Waals surface area contributed by atoms with E-state index in [4.69, 9.17) is 0 Å². The molecule has 2 heteroatoms. The van der Waals surface area contributed by atoms with E-state index in [9.17, 15) is 0 Å². The molecule has 0 atom stereocenters. The Bertz CT molecular complexity index is 289. The Kier molecular flexibility index (Phi) is 4.23. The zero-order chi connectivity index (χ0) is 10.6. The smallest absolute Gasteiger partial charge is 0.0350 e. The summed E-state index contributed by atoms with van der Waals surface area (Å²) in [4.78, 5) is 0. The van der Waals surface area contributed by atoms with Crippen LogP contribution in [0.5, 0.6) is 0 Å². The van der Waals surface area contributed by atoms with Crippen LogP contribution in [0.3, 0.4) is 0 Å². The Morgan fingerprint density at radius 1 is 1.29 bits per heavy atom. The minimum atomic E-state index is 0.412. The van der Waals surface area contributed by atoms with E-state index in [1.807, 2.05) is 0 Å². The first kappa shape index (κ1) is 11.8. The molecular formula is C12H18IN. The zero-order valence-corrected chi connectivity index (χ0v) is 11.3. The Morgan fingerprint density at radius 2 is 2.00 bits per heavy atom. The maximum absolute atomic E-state index is 3.44. The van der Waals surface area contributed by atoms with Gasteiger partial charge in [-0.2, -0.15) is 0 Å². The van der Waals surface area contributed by atoms with Crippen LogP contribution in [-0.2, 0) is 0 Å². The van der Waals surface area contributed by atoms with Crippen LogP contribution >= 0.6 is 22.6 Å². The molecule has 1 aromatic carbocycles. The SMILES string of the molecule is CC(C)(C)CCNc1cccc(I)c1. The Morgan fingerprint density at radius 3 is 2.57 bits per heavy atom. The van der Waals surface area contributed by atoms with Gasteiger partial charge in [-0.1, -0.05) is 26.8 Å². The third kappa shape index (κ3) is 4.84. The second-order valence-corrected chi connectivity index (χ2v) is 5.99. The molecule has 0 aliphatic heterocycles. The third-order valence-corrected chi connectivity index (χ3v) is 2.70. The molecule has 1 N–H and O–H groups in total. The molecule has 14 heavy (non-hydrogen) atoms. The molecule has 0 spiro atoms. The van der Waals surface area contributed by atoms with Crippen molar-refractivity contribution < 1.29 is 0 Å². The van der Waals surface area contributed by atoms with Crippen LogP contribution in [0.25, 0.3) is 0 Å². The van der Waals surface area contributed by atoms with E-state index in [1.165, 1.54) is 15.7 Å². The molecule has 1 rings (SSSR count). The fraction of sp³-hybridized carbons (Fsp3) is 0.500. The van der Waals surface area contributed by atoms with Crippen molar-refractivity contribution in [3.63, 3.8) is 0 Å². The molecule has 0 aliphatic rings. The van der Waals surface area contributed by atoms with Crippen LogP contribution in [0.15, 0.2) is 24.3 Å². The highest BCUT2D eigenvalue weighted by molar-refractivity contribution is 14.1. The number of nitrogens with one attached hydrogen (secondary N) is 1. The van der Waals surface area contributed by atoms with Crippen molar-refractivity contribution in [2.24, 2.45) is 5.41 Å². The molecule has 0 fully saturated rings. The first-order valence-electron chi connectivity index (χ1n) is 4.97. The van der Waals surface area contributed by atoms with E-state index < -0.39 is 0 Å². The van der Waals surface area contributed by atoms with Gasteiger partial charge in [0.25, 0.3) is 0 Å². The Hall–Kier alpha value is -0.250. The maximum atomic E-state index is 3.44. The van der Waals surface area contributed by atoms with Gasteiger partial charge in [0.15, 0.2) is 0 Å². The lowest BCUT2D eigenvalue weighted by atomic mass is 9.92. The Balaban J connectivity index is 2.39. The van der Waals surface area contributed by atoms with Crippen LogP contribution in [0.2, 0.25) is 0 Å². The van der Waals surface area contributed by atoms with Crippen molar-refractivity contribution in [2.45, 2.75) is 27.2 Å². The van der Waals surface area contributed by atoms with Gasteiger partial charge in [-0.25, -0.2) is 0 Å². The van der Waals surface area contributed by atoms with Gasteiger partial charge < -0.3 is 5.32 Å². The van der Waals surface area contributed by atoms with Crippen molar-refractivity contribution in [2.75, 3.05) is 11.9 Å². The lowest BCUT2D eigenvalue weighted by Crippen LogP contribution is -2.12. The molecule has 0 bridgehead atoms. The average molecular weight is 303 g/mol. The molecule has 78 valence electrons. The quantitative estimate of drug-likeness (QED) is 0.828. The van der Waals surface area contributed by atoms with Gasteiger partial charge in [-0.15, -0.1) is 0 Å². The summed E-state index contributed by atoms with van der Waals surface area (Å²) >= 11 is 2.33. The highest BCUT2D eigenvalue weighted by Gasteiger charge is 2.08. The fourth-order valence-corrected chi connectivity index (χ4v) is 1.72. The predicted molar refractivity (Wildman–Crippen MR) is 71.7 cm³/mol. The number of hydrogen-bond acceptors (Lipinski definition) is 1. The van der Waals surface area contributed by atoms with Gasteiger partial charge in [0.05, 0.1) is 0 Å². The number of benzene rings is 1. The summed E-state index contributed by atoms with van der Waals surface area (Å²) in [7, 11) is 0. The molecule has 0 aliphatic carbocycles. The van der Waals surface area contributed by atoms with Crippen LogP contribution < -0.4 is 5.32 Å². The van der Waals surface area contributed by atoms with E-state index in [1.54, 1.807) is 0 Å². The van der Waals surface area contributed by atoms with E-state index in [0.717, 1.165) is 6.54 Å². The van der Waals surface area contributed by atoms with Gasteiger partial charge in [-0.05, 0) is 52.6 Å². The monoisotopic (exact) mass is 303 g/mol. The van der Waals surface area contributed by atoms with Gasteiger partial charge in [0, 0.05) is 15.8 Å². The summed E-state index contributed by atoms with van der Waals surface area (Å²) in [5.41, 5.74) is 1.63. The number of rotatable bonds is 3. The molecule has 0 heterocycles. The van der Waals surface area contributed by atoms with Gasteiger partial charge in [0.2, 0.25) is 0 Å². The van der Waals surface area contributed by atoms with E-state index >= 15 is 0 Å². The van der Waals surface area contributed by atoms with Crippen LogP contribution in [0.1, 0.15) is 27.2 Å². The summed E-state index contributed by atoms with van der Waals surface area (Å²) in [6, 6.07) is 8.48. The van der Waals surface area contributed by atoms with Crippen molar-refractivity contribution >= 4 is 28.3 Å². The van der Waals surface area contributed by atoms with Crippen molar-refractivity contribution in [3.05, 3.63) is 27.8 Å². The van der Waals surface area contributed by atoms with Crippen LogP contribution in [-0.4, -0.2) is 6.54 Å². The van der Waals surface area contributed by atoms with E-state index in [0.29, 0.717) is 5.41 Å². The second-order valence-electron chi connectivity index (χ2n) is 4.75. The number of halogens is 1. The molecule has 0 radical (unpaired) electrons. The predicted octanol–water partition coefficient (Wildman–Crippen LogP) is 4.14. The first-order valence-corrected chi connectivity index (χ1v) is 6.05. The van der Waals surface area contributed by atoms with E-state index in [2.05, 4.69) is 72.9 Å². The lowest BCUT2D eigenvalue weighted by molar-refractivity contribution is 0.390. The van der Waals surface area contributed by atoms with Crippen LogP contribution in [0.4, 0.5) is 5.69 Å². The third-order valence-electron chi connectivity index (χ3n) is 2.03. The molecule has 0 saturated heterocycles. The number of hydrogen-bond donors (Lipinski definition) is 1. The Labute approximate surface area is 100 Å². The van der Waals surface area contributed by atoms with Crippen molar-refractivity contribution in [3.8, 4) is 0 Å². The summed E-state index contributed by atoms with van der Waals surface area (Å²) in [6.45, 7) is 7.85. The highest BCUT2D eigenvalue weighted by Crippen LogP contribution is 2.19.